The normalized spacial score (nSPS) is 10.4. The predicted octanol–water partition coefficient (Wildman–Crippen LogP) is 0.570. The molecule has 0 saturated carbocycles. The van der Waals surface area contributed by atoms with Crippen molar-refractivity contribution in [1.82, 2.24) is 10.3 Å². The molecule has 1 heterocycles. The molecule has 0 bridgehead atoms. The summed E-state index contributed by atoms with van der Waals surface area (Å²) >= 11 is 0. The van der Waals surface area contributed by atoms with Gasteiger partial charge < -0.3 is 21.1 Å². The van der Waals surface area contributed by atoms with E-state index in [1.54, 1.807) is 7.05 Å². The van der Waals surface area contributed by atoms with Crippen LogP contribution in [-0.4, -0.2) is 42.1 Å². The van der Waals surface area contributed by atoms with E-state index in [2.05, 4.69) is 10.3 Å². The molecule has 0 aliphatic carbocycles. The van der Waals surface area contributed by atoms with Gasteiger partial charge >= 0.3 is 5.97 Å². The fraction of sp³-hybridized carbons (Fsp3) is 0.462. The van der Waals surface area contributed by atoms with Crippen molar-refractivity contribution in [1.29, 1.82) is 0 Å². The van der Waals surface area contributed by atoms with Crippen molar-refractivity contribution >= 4 is 23.4 Å². The number of carbonyl (C=O) groups is 2. The Morgan fingerprint density at radius 1 is 1.50 bits per heavy atom. The molecule has 0 aromatic carbocycles. The van der Waals surface area contributed by atoms with Gasteiger partial charge in [-0.2, -0.15) is 0 Å². The molecular formula is C13H20N4O3. The third kappa shape index (κ3) is 4.11. The summed E-state index contributed by atoms with van der Waals surface area (Å²) in [5.74, 6) is -0.640. The Bertz CT molecular complexity index is 502. The third-order valence-corrected chi connectivity index (χ3v) is 2.65. The van der Waals surface area contributed by atoms with E-state index in [4.69, 9.17) is 10.8 Å². The van der Waals surface area contributed by atoms with Gasteiger partial charge in [0, 0.05) is 19.8 Å². The maximum Gasteiger partial charge on any atom is 0.337 e. The van der Waals surface area contributed by atoms with E-state index in [1.807, 2.05) is 13.8 Å². The number of aromatic carboxylic acids is 1. The number of nitrogens with two attached hydrogens (primary N) is 1. The van der Waals surface area contributed by atoms with Gasteiger partial charge in [-0.1, -0.05) is 13.8 Å². The van der Waals surface area contributed by atoms with Gasteiger partial charge in [0.05, 0.1) is 17.8 Å². The molecule has 1 rings (SSSR count). The van der Waals surface area contributed by atoms with Crippen LogP contribution in [0.5, 0.6) is 0 Å². The summed E-state index contributed by atoms with van der Waals surface area (Å²) in [6, 6.07) is 1.33. The molecule has 0 saturated heterocycles. The molecule has 0 atom stereocenters. The number of carbonyl (C=O) groups excluding carboxylic acids is 1. The van der Waals surface area contributed by atoms with E-state index in [9.17, 15) is 9.59 Å². The molecule has 1 aromatic heterocycles. The van der Waals surface area contributed by atoms with E-state index in [-0.39, 0.29) is 29.5 Å². The molecule has 20 heavy (non-hydrogen) atoms. The minimum atomic E-state index is -1.12. The van der Waals surface area contributed by atoms with Crippen LogP contribution in [0.15, 0.2) is 12.3 Å². The number of anilines is 2. The standard InChI is InChI=1S/C13H20N4O3/c1-8(2)6-16-10(18)7-17(3)12-11(14)9(13(19)20)4-5-15-12/h4-5,8H,6-7,14H2,1-3H3,(H,16,18)(H,19,20). The van der Waals surface area contributed by atoms with Gasteiger partial charge in [-0.15, -0.1) is 0 Å². The number of likely N-dealkylation sites (N-methyl/N-ethyl adjacent to an activating group) is 1. The van der Waals surface area contributed by atoms with Crippen molar-refractivity contribution in [2.75, 3.05) is 30.8 Å². The monoisotopic (exact) mass is 280 g/mol. The number of aromatic nitrogens is 1. The first-order valence-corrected chi connectivity index (χ1v) is 6.28. The second-order valence-corrected chi connectivity index (χ2v) is 4.95. The van der Waals surface area contributed by atoms with E-state index in [1.165, 1.54) is 17.2 Å². The number of amides is 1. The van der Waals surface area contributed by atoms with Crippen LogP contribution < -0.4 is 16.0 Å². The van der Waals surface area contributed by atoms with Crippen molar-refractivity contribution in [3.05, 3.63) is 17.8 Å². The first kappa shape index (κ1) is 15.7. The van der Waals surface area contributed by atoms with E-state index in [0.29, 0.717) is 12.5 Å². The highest BCUT2D eigenvalue weighted by Gasteiger charge is 2.16. The Balaban J connectivity index is 2.77. The molecule has 7 nitrogen and oxygen atoms in total. The van der Waals surface area contributed by atoms with E-state index in [0.717, 1.165) is 0 Å². The van der Waals surface area contributed by atoms with E-state index >= 15 is 0 Å². The first-order chi connectivity index (χ1) is 9.32. The lowest BCUT2D eigenvalue weighted by Crippen LogP contribution is -2.37. The quantitative estimate of drug-likeness (QED) is 0.703. The summed E-state index contributed by atoms with van der Waals surface area (Å²) in [5, 5.41) is 11.8. The van der Waals surface area contributed by atoms with E-state index < -0.39 is 5.97 Å². The van der Waals surface area contributed by atoms with Gasteiger partial charge in [0.25, 0.3) is 0 Å². The smallest absolute Gasteiger partial charge is 0.337 e. The molecule has 0 fully saturated rings. The van der Waals surface area contributed by atoms with Crippen LogP contribution in [0.4, 0.5) is 11.5 Å². The van der Waals surface area contributed by atoms with Crippen molar-refractivity contribution in [2.24, 2.45) is 5.92 Å². The SMILES string of the molecule is CC(C)CNC(=O)CN(C)c1nccc(C(=O)O)c1N. The van der Waals surface area contributed by atoms with Gasteiger partial charge in [0.15, 0.2) is 5.82 Å². The van der Waals surface area contributed by atoms with Crippen LogP contribution in [0.3, 0.4) is 0 Å². The summed E-state index contributed by atoms with van der Waals surface area (Å²) in [6.07, 6.45) is 1.36. The number of nitrogen functional groups attached to an aromatic ring is 1. The average molecular weight is 280 g/mol. The summed E-state index contributed by atoms with van der Waals surface area (Å²) in [7, 11) is 1.64. The van der Waals surface area contributed by atoms with Crippen LogP contribution >= 0.6 is 0 Å². The fourth-order valence-electron chi connectivity index (χ4n) is 1.62. The van der Waals surface area contributed by atoms with Gasteiger partial charge in [0.1, 0.15) is 0 Å². The molecule has 0 unspecified atom stereocenters. The molecule has 7 heteroatoms. The number of pyridine rings is 1. The molecular weight excluding hydrogens is 260 g/mol. The molecule has 0 aliphatic rings. The number of hydrogen-bond acceptors (Lipinski definition) is 5. The Kier molecular flexibility index (Phi) is 5.31. The molecule has 0 spiro atoms. The largest absolute Gasteiger partial charge is 0.478 e. The van der Waals surface area contributed by atoms with Crippen LogP contribution in [-0.2, 0) is 4.79 Å². The highest BCUT2D eigenvalue weighted by molar-refractivity contribution is 5.96. The molecule has 1 aromatic rings. The van der Waals surface area contributed by atoms with Crippen molar-refractivity contribution in [3.8, 4) is 0 Å². The number of rotatable bonds is 6. The molecule has 0 aliphatic heterocycles. The van der Waals surface area contributed by atoms with Gasteiger partial charge in [-0.05, 0) is 12.0 Å². The number of carboxylic acids is 1. The summed E-state index contributed by atoms with van der Waals surface area (Å²) in [6.45, 7) is 4.65. The lowest BCUT2D eigenvalue weighted by atomic mass is 10.2. The second kappa shape index (κ2) is 6.74. The van der Waals surface area contributed by atoms with Crippen LogP contribution in [0.25, 0.3) is 0 Å². The predicted molar refractivity (Wildman–Crippen MR) is 76.7 cm³/mol. The highest BCUT2D eigenvalue weighted by Crippen LogP contribution is 2.22. The van der Waals surface area contributed by atoms with Crippen molar-refractivity contribution in [3.63, 3.8) is 0 Å². The van der Waals surface area contributed by atoms with Crippen molar-refractivity contribution < 1.29 is 14.7 Å². The first-order valence-electron chi connectivity index (χ1n) is 6.28. The van der Waals surface area contributed by atoms with Crippen molar-refractivity contribution in [2.45, 2.75) is 13.8 Å². The lowest BCUT2D eigenvalue weighted by molar-refractivity contribution is -0.119. The fourth-order valence-corrected chi connectivity index (χ4v) is 1.62. The lowest BCUT2D eigenvalue weighted by Gasteiger charge is -2.20. The molecule has 4 N–H and O–H groups in total. The van der Waals surface area contributed by atoms with Crippen LogP contribution in [0.2, 0.25) is 0 Å². The van der Waals surface area contributed by atoms with Gasteiger partial charge in [-0.25, -0.2) is 9.78 Å². The Labute approximate surface area is 117 Å². The molecule has 0 radical (unpaired) electrons. The zero-order valence-electron chi connectivity index (χ0n) is 11.9. The third-order valence-electron chi connectivity index (χ3n) is 2.65. The Morgan fingerprint density at radius 2 is 2.15 bits per heavy atom. The summed E-state index contributed by atoms with van der Waals surface area (Å²) in [5.41, 5.74) is 5.80. The molecule has 1 amide bonds. The number of hydrogen-bond donors (Lipinski definition) is 3. The minimum Gasteiger partial charge on any atom is -0.478 e. The zero-order chi connectivity index (χ0) is 15.3. The number of nitrogens with zero attached hydrogens (tertiary/aromatic N) is 2. The topological polar surface area (TPSA) is 109 Å². The zero-order valence-corrected chi connectivity index (χ0v) is 11.9. The Hall–Kier alpha value is -2.31. The number of carboxylic acid groups (broad SMARTS) is 1. The van der Waals surface area contributed by atoms with Gasteiger partial charge in [0.2, 0.25) is 5.91 Å². The summed E-state index contributed by atoms with van der Waals surface area (Å²) < 4.78 is 0. The van der Waals surface area contributed by atoms with Crippen LogP contribution in [0, 0.1) is 5.92 Å². The number of nitrogens with one attached hydrogen (secondary N) is 1. The second-order valence-electron chi connectivity index (χ2n) is 4.95. The maximum atomic E-state index is 11.7. The highest BCUT2D eigenvalue weighted by atomic mass is 16.4. The molecule has 110 valence electrons. The van der Waals surface area contributed by atoms with Crippen LogP contribution in [0.1, 0.15) is 24.2 Å². The summed E-state index contributed by atoms with van der Waals surface area (Å²) in [4.78, 5) is 28.3. The Morgan fingerprint density at radius 3 is 2.70 bits per heavy atom. The maximum absolute atomic E-state index is 11.7. The van der Waals surface area contributed by atoms with Gasteiger partial charge in [-0.3, -0.25) is 4.79 Å². The minimum absolute atomic E-state index is 0.0237. The average Bonchev–Trinajstić information content (AvgIpc) is 2.36.